The molecule has 22 aliphatic rings. The molecule has 0 spiro atoms. The smallest absolute Gasteiger partial charge is 0.309 e. The molecule has 0 radical (unpaired) electrons. The summed E-state index contributed by atoms with van der Waals surface area (Å²) in [4.78, 5) is 17.8. The lowest BCUT2D eigenvalue weighted by molar-refractivity contribution is -0.396. The first-order valence-electron chi connectivity index (χ1n) is 32.2. The highest BCUT2D eigenvalue weighted by Gasteiger charge is 2.60. The molecule has 552 valence electrons. The van der Waals surface area contributed by atoms with Gasteiger partial charge in [0.15, 0.2) is 44.0 Å². The van der Waals surface area contributed by atoms with Crippen molar-refractivity contribution in [1.82, 2.24) is 4.98 Å². The Morgan fingerprint density at radius 1 is 0.423 bits per heavy atom. The van der Waals surface area contributed by atoms with Crippen molar-refractivity contribution in [3.05, 3.63) is 35.0 Å². The number of H-pyrrole nitrogens is 1. The number of aliphatic hydroxyl groups excluding tert-OH is 20. The molecule has 0 unspecified atom stereocenters. The Morgan fingerprint density at radius 3 is 0.990 bits per heavy atom. The number of fused-ring (bicyclic) bond motifs is 3. The monoisotopic (exact) mass is 1400 g/mol. The minimum absolute atomic E-state index is 0.224. The van der Waals surface area contributed by atoms with Gasteiger partial charge < -0.3 is 183 Å². The molecule has 14 bridgehead atoms. The van der Waals surface area contributed by atoms with Gasteiger partial charge in [0.25, 0.3) is 0 Å². The van der Waals surface area contributed by atoms with Gasteiger partial charge in [0, 0.05) is 10.9 Å². The lowest BCUT2D eigenvalue weighted by atomic mass is 9.86. The molecule has 38 nitrogen and oxygen atoms in total. The van der Waals surface area contributed by atoms with E-state index in [-0.39, 0.29) is 13.0 Å². The van der Waals surface area contributed by atoms with E-state index in [9.17, 15) is 107 Å². The van der Waals surface area contributed by atoms with Crippen molar-refractivity contribution in [2.24, 2.45) is 0 Å². The van der Waals surface area contributed by atoms with Crippen molar-refractivity contribution < 1.29 is 183 Å². The van der Waals surface area contributed by atoms with Gasteiger partial charge in [-0.15, -0.1) is 0 Å². The first kappa shape index (κ1) is 75.0. The zero-order chi connectivity index (χ0) is 69.8. The van der Waals surface area contributed by atoms with Crippen LogP contribution >= 0.6 is 0 Å². The fourth-order valence-corrected chi connectivity index (χ4v) is 14.1. The van der Waals surface area contributed by atoms with Gasteiger partial charge in [0.2, 0.25) is 0 Å². The molecule has 22 aliphatic heterocycles. The van der Waals surface area contributed by atoms with Crippen molar-refractivity contribution in [1.29, 1.82) is 0 Å². The number of esters is 1. The van der Waals surface area contributed by atoms with Crippen LogP contribution in [0.3, 0.4) is 0 Å². The Bertz CT molecular complexity index is 2870. The molecule has 21 saturated heterocycles. The lowest BCUT2D eigenvalue weighted by Gasteiger charge is -2.50. The standard InChI is InChI=1S/C59H89NO37/c1-3-18-6-5-7-19-20-8-9-83-59(4-2,51(20)60-29(18)19)10-28(67)82-17-27-50-36(74)43(81)58(90-27)96-49-26(16-66)88-56(41(79)34(49)72)94-47-24(14-64)86-54(39(77)32(47)70)92-45-22(12-62)84-52(37(75)30(45)68)91-44-21(11-61)85-53(38(76)31(44)69)93-46-23(13-63)87-55(40(78)33(46)71)95-48-25(15-65)89-57(97-50)42(80)35(48)73/h5-7,21-27,30-50,52-58,60-66,68-81H,3-4,8-17H2,1-2H3/t21-,22-,23-,24-,25-,26-,27-,30-,31-,32-,33-,34-,35-,36-,37-,38-,39-,40-,41-,42-,43-,44-,45-,46-,47-,48-,49-,50-,52-,53-,54-,55-,56-,57-,58-,59+/m1/s1. The van der Waals surface area contributed by atoms with Crippen LogP contribution in [0.5, 0.6) is 0 Å². The van der Waals surface area contributed by atoms with Crippen LogP contribution in [0.25, 0.3) is 10.9 Å². The first-order chi connectivity index (χ1) is 46.4. The Labute approximate surface area is 551 Å². The highest BCUT2D eigenvalue weighted by molar-refractivity contribution is 5.88. The van der Waals surface area contributed by atoms with Crippen LogP contribution < -0.4 is 0 Å². The second kappa shape index (κ2) is 31.4. The number of nitrogens with one attached hydrogen (secondary N) is 1. The number of aromatic amines is 1. The molecule has 36 atom stereocenters. The number of para-hydroxylation sites is 1. The van der Waals surface area contributed by atoms with Gasteiger partial charge in [-0.3, -0.25) is 4.79 Å². The summed E-state index contributed by atoms with van der Waals surface area (Å²) >= 11 is 0. The molecular weight excluding hydrogens is 1310 g/mol. The fourth-order valence-electron chi connectivity index (χ4n) is 14.1. The summed E-state index contributed by atoms with van der Waals surface area (Å²) in [6, 6.07) is 5.86. The number of ether oxygens (including phenoxy) is 16. The zero-order valence-corrected chi connectivity index (χ0v) is 52.3. The van der Waals surface area contributed by atoms with Crippen LogP contribution in [0.4, 0.5) is 0 Å². The average molecular weight is 1400 g/mol. The van der Waals surface area contributed by atoms with Crippen LogP contribution in [0.1, 0.15) is 43.5 Å². The average Bonchev–Trinajstić information content (AvgIpc) is 1.57. The Hall–Kier alpha value is -3.17. The minimum atomic E-state index is -2.30. The Kier molecular flexibility index (Phi) is 24.3. The van der Waals surface area contributed by atoms with E-state index in [0.717, 1.165) is 22.0 Å². The van der Waals surface area contributed by atoms with Crippen molar-refractivity contribution >= 4 is 16.9 Å². The number of carbonyl (C=O) groups is 1. The number of hydrogen-bond acceptors (Lipinski definition) is 37. The molecule has 0 amide bonds. The minimum Gasteiger partial charge on any atom is -0.463 e. The van der Waals surface area contributed by atoms with Crippen LogP contribution in [0.2, 0.25) is 0 Å². The second-order valence-electron chi connectivity index (χ2n) is 25.4. The van der Waals surface area contributed by atoms with E-state index in [4.69, 9.17) is 75.8 Å². The van der Waals surface area contributed by atoms with Crippen molar-refractivity contribution in [2.45, 2.75) is 260 Å². The van der Waals surface area contributed by atoms with Gasteiger partial charge in [-0.25, -0.2) is 0 Å². The maximum absolute atomic E-state index is 14.3. The summed E-state index contributed by atoms with van der Waals surface area (Å²) in [5.74, 6) is -0.904. The number of carbonyl (C=O) groups excluding carboxylic acids is 1. The van der Waals surface area contributed by atoms with E-state index < -0.39 is 279 Å². The molecule has 21 N–H and O–H groups in total. The Balaban J connectivity index is 0.889. The molecule has 2 aromatic rings. The van der Waals surface area contributed by atoms with Crippen molar-refractivity contribution in [3.8, 4) is 0 Å². The first-order valence-corrected chi connectivity index (χ1v) is 32.2. The van der Waals surface area contributed by atoms with Gasteiger partial charge in [-0.1, -0.05) is 32.0 Å². The second-order valence-corrected chi connectivity index (χ2v) is 25.4. The number of aromatic nitrogens is 1. The lowest BCUT2D eigenvalue weighted by Crippen LogP contribution is -2.68. The summed E-state index contributed by atoms with van der Waals surface area (Å²) in [5, 5.41) is 227. The predicted octanol–water partition coefficient (Wildman–Crippen LogP) is -11.4. The molecule has 21 fully saturated rings. The van der Waals surface area contributed by atoms with Crippen molar-refractivity contribution in [2.75, 3.05) is 52.9 Å². The van der Waals surface area contributed by atoms with E-state index >= 15 is 0 Å². The molecule has 24 rings (SSSR count). The van der Waals surface area contributed by atoms with Crippen LogP contribution in [0.15, 0.2) is 18.2 Å². The topological polar surface area (TPSA) is 585 Å². The normalized spacial score (nSPS) is 48.6. The van der Waals surface area contributed by atoms with E-state index in [2.05, 4.69) is 4.98 Å². The molecule has 0 aliphatic carbocycles. The Morgan fingerprint density at radius 2 is 0.711 bits per heavy atom. The molecule has 1 aromatic carbocycles. The number of benzene rings is 1. The number of aryl methyl sites for hydroxylation is 1. The highest BCUT2D eigenvalue weighted by Crippen LogP contribution is 2.44. The summed E-state index contributed by atoms with van der Waals surface area (Å²) in [5.41, 5.74) is 2.19. The highest BCUT2D eigenvalue weighted by atomic mass is 16.8. The third-order valence-electron chi connectivity index (χ3n) is 19.6. The van der Waals surface area contributed by atoms with Gasteiger partial charge >= 0.3 is 5.97 Å². The predicted molar refractivity (Wildman–Crippen MR) is 306 cm³/mol. The molecule has 23 heterocycles. The fraction of sp³-hybridized carbons (Fsp3) is 0.847. The van der Waals surface area contributed by atoms with Crippen molar-refractivity contribution in [3.63, 3.8) is 0 Å². The molecule has 0 saturated carbocycles. The van der Waals surface area contributed by atoms with Gasteiger partial charge in [-0.05, 0) is 30.4 Å². The summed E-state index contributed by atoms with van der Waals surface area (Å²) in [6.07, 6.45) is -71.1. The van der Waals surface area contributed by atoms with Gasteiger partial charge in [0.1, 0.15) is 183 Å². The molecule has 38 heteroatoms. The van der Waals surface area contributed by atoms with Gasteiger partial charge in [-0.2, -0.15) is 0 Å². The van der Waals surface area contributed by atoms with E-state index in [1.54, 1.807) is 6.92 Å². The van der Waals surface area contributed by atoms with E-state index in [0.29, 0.717) is 18.5 Å². The third kappa shape index (κ3) is 14.4. The maximum Gasteiger partial charge on any atom is 0.309 e. The summed E-state index contributed by atoms with van der Waals surface area (Å²) in [6.45, 7) is -3.32. The van der Waals surface area contributed by atoms with Crippen LogP contribution in [0, 0.1) is 0 Å². The van der Waals surface area contributed by atoms with Gasteiger partial charge in [0.05, 0.1) is 58.4 Å². The number of rotatable bonds is 12. The molecule has 1 aromatic heterocycles. The largest absolute Gasteiger partial charge is 0.463 e. The third-order valence-corrected chi connectivity index (χ3v) is 19.6. The number of hydrogen-bond donors (Lipinski definition) is 21. The number of aliphatic hydroxyl groups is 20. The maximum atomic E-state index is 14.3. The quantitative estimate of drug-likeness (QED) is 0.0878. The molecular formula is C59H89NO37. The van der Waals surface area contributed by atoms with Crippen LogP contribution in [-0.2, 0) is 99.0 Å². The zero-order valence-electron chi connectivity index (χ0n) is 52.3. The summed E-state index contributed by atoms with van der Waals surface area (Å²) in [7, 11) is 0. The van der Waals surface area contributed by atoms with E-state index in [1.807, 2.05) is 25.1 Å². The summed E-state index contributed by atoms with van der Waals surface area (Å²) < 4.78 is 94.0. The SMILES string of the molecule is CCc1cccc2c3c([nH]c12)[C@](CC)(CC(=O)OC[C@H]1O[C@@H]2O[C@H]4[C@H](O)[C@@H](O)[C@@H](O[C@H]5[C@H](O)[C@@H](O)[C@@H](O[C@H]6[C@H](O)[C@@H](O)[C@@H](O[C@H]7[C@H](O)[C@@H](O)[C@@H](O[C@H]8[C@H](O)[C@@H](O)[C@@H](O[C@H]9[C@H](O)[C@@H](O)[C@@H](O[C@H]1[C@H](O)[C@H]2O)O[C@@H]9CO)O[C@@H]8CO)O[C@@H]7CO)O[C@@H]6CO)O[C@@H]5CO)O[C@@H]4CO)OCC3. The van der Waals surface area contributed by atoms with E-state index in [1.165, 1.54) is 0 Å². The van der Waals surface area contributed by atoms with Crippen LogP contribution in [-0.4, -0.2) is 381 Å². The molecule has 97 heavy (non-hydrogen) atoms.